The fourth-order valence-corrected chi connectivity index (χ4v) is 5.47. The molecule has 3 rings (SSSR count). The summed E-state index contributed by atoms with van der Waals surface area (Å²) in [5.74, 6) is -1.15. The molecule has 1 N–H and O–H groups in total. The summed E-state index contributed by atoms with van der Waals surface area (Å²) < 4.78 is 41.8. The van der Waals surface area contributed by atoms with Crippen LogP contribution in [0.5, 0.6) is 5.75 Å². The number of carbonyl (C=O) groups excluding carboxylic acids is 2. The molecule has 1 saturated heterocycles. The fraction of sp³-hybridized carbons (Fsp3) is 0.474. The molecule has 0 spiro atoms. The molecule has 1 aromatic heterocycles. The maximum atomic E-state index is 13.3. The third-order valence-electron chi connectivity index (χ3n) is 4.79. The molecule has 168 valence electrons. The Kier molecular flexibility index (Phi) is 7.57. The van der Waals surface area contributed by atoms with Crippen molar-refractivity contribution in [3.63, 3.8) is 0 Å². The molecule has 1 aliphatic heterocycles. The Hall–Kier alpha value is -2.57. The molecule has 0 bridgehead atoms. The summed E-state index contributed by atoms with van der Waals surface area (Å²) in [6, 6.07) is 4.18. The molecule has 10 nitrogen and oxygen atoms in total. The van der Waals surface area contributed by atoms with Crippen LogP contribution in [0.1, 0.15) is 53.5 Å². The van der Waals surface area contributed by atoms with Crippen LogP contribution in [0.3, 0.4) is 0 Å². The Balaban J connectivity index is 1.89. The number of rotatable bonds is 7. The number of benzene rings is 1. The standard InChI is InChI=1S/C19H24N4O6S2/c1-3-29-19(25)16-18(30-22-21-16)20-17(24)13-8-9-14(28-2)15(12-13)31(26,27)23-10-6-4-5-7-11-23/h8-9,12H,3-7,10-11H2,1-2H3,(H,20,24). The molecule has 0 aliphatic carbocycles. The number of hydrogen-bond donors (Lipinski definition) is 1. The van der Waals surface area contributed by atoms with Gasteiger partial charge in [0.1, 0.15) is 10.6 Å². The summed E-state index contributed by atoms with van der Waals surface area (Å²) >= 11 is 0.824. The van der Waals surface area contributed by atoms with Crippen molar-refractivity contribution in [2.75, 3.05) is 32.1 Å². The van der Waals surface area contributed by atoms with E-state index >= 15 is 0 Å². The first-order valence-electron chi connectivity index (χ1n) is 9.87. The van der Waals surface area contributed by atoms with Crippen molar-refractivity contribution in [1.82, 2.24) is 13.9 Å². The zero-order valence-electron chi connectivity index (χ0n) is 17.3. The Labute approximate surface area is 184 Å². The Morgan fingerprint density at radius 1 is 1.19 bits per heavy atom. The van der Waals surface area contributed by atoms with Gasteiger partial charge in [0, 0.05) is 30.2 Å². The van der Waals surface area contributed by atoms with E-state index in [1.807, 2.05) is 0 Å². The monoisotopic (exact) mass is 468 g/mol. The van der Waals surface area contributed by atoms with Crippen LogP contribution in [0.2, 0.25) is 0 Å². The maximum absolute atomic E-state index is 13.3. The summed E-state index contributed by atoms with van der Waals surface area (Å²) in [7, 11) is -2.46. The summed E-state index contributed by atoms with van der Waals surface area (Å²) in [5, 5.41) is 6.37. The lowest BCUT2D eigenvalue weighted by atomic mass is 10.2. The van der Waals surface area contributed by atoms with Gasteiger partial charge in [-0.15, -0.1) is 5.10 Å². The van der Waals surface area contributed by atoms with Crippen LogP contribution in [0, 0.1) is 0 Å². The van der Waals surface area contributed by atoms with Gasteiger partial charge < -0.3 is 14.8 Å². The third-order valence-corrected chi connectivity index (χ3v) is 7.35. The zero-order chi connectivity index (χ0) is 22.4. The van der Waals surface area contributed by atoms with Crippen molar-refractivity contribution in [2.24, 2.45) is 0 Å². The molecular formula is C19H24N4O6S2. The van der Waals surface area contributed by atoms with Crippen molar-refractivity contribution in [3.8, 4) is 5.75 Å². The molecule has 12 heteroatoms. The summed E-state index contributed by atoms with van der Waals surface area (Å²) in [6.45, 7) is 2.66. The number of methoxy groups -OCH3 is 1. The molecule has 0 atom stereocenters. The van der Waals surface area contributed by atoms with Crippen molar-refractivity contribution < 1.29 is 27.5 Å². The average molecular weight is 469 g/mol. The van der Waals surface area contributed by atoms with E-state index in [1.165, 1.54) is 29.6 Å². The topological polar surface area (TPSA) is 128 Å². The van der Waals surface area contributed by atoms with Crippen LogP contribution in [0.25, 0.3) is 0 Å². The molecular weight excluding hydrogens is 444 g/mol. The Morgan fingerprint density at radius 2 is 1.90 bits per heavy atom. The van der Waals surface area contributed by atoms with E-state index in [-0.39, 0.29) is 33.5 Å². The quantitative estimate of drug-likeness (QED) is 0.614. The van der Waals surface area contributed by atoms with Gasteiger partial charge in [-0.1, -0.05) is 17.3 Å². The van der Waals surface area contributed by atoms with Crippen LogP contribution >= 0.6 is 11.5 Å². The van der Waals surface area contributed by atoms with Crippen LogP contribution < -0.4 is 10.1 Å². The number of carbonyl (C=O) groups is 2. The molecule has 0 saturated carbocycles. The number of amides is 1. The van der Waals surface area contributed by atoms with Crippen molar-refractivity contribution in [3.05, 3.63) is 29.5 Å². The number of sulfonamides is 1. The van der Waals surface area contributed by atoms with E-state index < -0.39 is 21.9 Å². The van der Waals surface area contributed by atoms with Gasteiger partial charge in [-0.05, 0) is 38.0 Å². The highest BCUT2D eigenvalue weighted by molar-refractivity contribution is 7.89. The average Bonchev–Trinajstić information content (AvgIpc) is 3.04. The maximum Gasteiger partial charge on any atom is 0.362 e. The molecule has 2 heterocycles. The van der Waals surface area contributed by atoms with Crippen LogP contribution in [0.15, 0.2) is 23.1 Å². The second-order valence-corrected chi connectivity index (χ2v) is 9.47. The van der Waals surface area contributed by atoms with Gasteiger partial charge in [-0.2, -0.15) is 4.31 Å². The summed E-state index contributed by atoms with van der Waals surface area (Å²) in [6.07, 6.45) is 3.54. The number of hydrogen-bond acceptors (Lipinski definition) is 9. The lowest BCUT2D eigenvalue weighted by Crippen LogP contribution is -2.32. The number of anilines is 1. The molecule has 1 aliphatic rings. The zero-order valence-corrected chi connectivity index (χ0v) is 18.9. The Bertz CT molecular complexity index is 1050. The van der Waals surface area contributed by atoms with Crippen LogP contribution in [-0.2, 0) is 14.8 Å². The minimum absolute atomic E-state index is 0.0717. The minimum Gasteiger partial charge on any atom is -0.495 e. The predicted molar refractivity (Wildman–Crippen MR) is 114 cm³/mol. The Morgan fingerprint density at radius 3 is 2.55 bits per heavy atom. The smallest absolute Gasteiger partial charge is 0.362 e. The van der Waals surface area contributed by atoms with Gasteiger partial charge in [-0.25, -0.2) is 13.2 Å². The molecule has 1 amide bonds. The van der Waals surface area contributed by atoms with Crippen molar-refractivity contribution >= 4 is 38.4 Å². The number of ether oxygens (including phenoxy) is 2. The van der Waals surface area contributed by atoms with Gasteiger partial charge >= 0.3 is 5.97 Å². The van der Waals surface area contributed by atoms with Crippen LogP contribution in [-0.4, -0.2) is 61.0 Å². The first-order valence-corrected chi connectivity index (χ1v) is 12.1. The third kappa shape index (κ3) is 5.20. The van der Waals surface area contributed by atoms with E-state index in [4.69, 9.17) is 9.47 Å². The lowest BCUT2D eigenvalue weighted by Gasteiger charge is -2.21. The van der Waals surface area contributed by atoms with E-state index in [9.17, 15) is 18.0 Å². The van der Waals surface area contributed by atoms with Gasteiger partial charge in [0.2, 0.25) is 15.7 Å². The summed E-state index contributed by atoms with van der Waals surface area (Å²) in [5.41, 5.74) is -0.0106. The first kappa shape index (κ1) is 23.1. The van der Waals surface area contributed by atoms with E-state index in [1.54, 1.807) is 6.92 Å². The highest BCUT2D eigenvalue weighted by atomic mass is 32.2. The van der Waals surface area contributed by atoms with Gasteiger partial charge in [0.05, 0.1) is 13.7 Å². The van der Waals surface area contributed by atoms with Crippen molar-refractivity contribution in [1.29, 1.82) is 0 Å². The number of esters is 1. The van der Waals surface area contributed by atoms with E-state index in [0.717, 1.165) is 37.2 Å². The summed E-state index contributed by atoms with van der Waals surface area (Å²) in [4.78, 5) is 24.7. The van der Waals surface area contributed by atoms with E-state index in [2.05, 4.69) is 14.9 Å². The normalized spacial score (nSPS) is 15.2. The minimum atomic E-state index is -3.84. The molecule has 1 aromatic carbocycles. The van der Waals surface area contributed by atoms with Crippen molar-refractivity contribution in [2.45, 2.75) is 37.5 Å². The predicted octanol–water partition coefficient (Wildman–Crippen LogP) is 2.54. The largest absolute Gasteiger partial charge is 0.495 e. The van der Waals surface area contributed by atoms with E-state index in [0.29, 0.717) is 13.1 Å². The molecule has 31 heavy (non-hydrogen) atoms. The van der Waals surface area contributed by atoms with Gasteiger partial charge in [0.25, 0.3) is 5.91 Å². The molecule has 0 radical (unpaired) electrons. The first-order chi connectivity index (χ1) is 14.9. The highest BCUT2D eigenvalue weighted by Crippen LogP contribution is 2.30. The molecule has 1 fully saturated rings. The number of aromatic nitrogens is 2. The SMILES string of the molecule is CCOC(=O)c1nnsc1NC(=O)c1ccc(OC)c(S(=O)(=O)N2CCCCCC2)c1. The number of nitrogens with zero attached hydrogens (tertiary/aromatic N) is 3. The molecule has 2 aromatic rings. The van der Waals surface area contributed by atoms with Crippen LogP contribution in [0.4, 0.5) is 5.00 Å². The second-order valence-electron chi connectivity index (χ2n) is 6.81. The highest BCUT2D eigenvalue weighted by Gasteiger charge is 2.29. The second kappa shape index (κ2) is 10.2. The fourth-order valence-electron chi connectivity index (χ4n) is 3.22. The lowest BCUT2D eigenvalue weighted by molar-refractivity contribution is 0.0520. The van der Waals surface area contributed by atoms with Gasteiger partial charge in [0.15, 0.2) is 5.00 Å². The molecule has 0 unspecified atom stereocenters. The van der Waals surface area contributed by atoms with Gasteiger partial charge in [-0.3, -0.25) is 4.79 Å². The number of nitrogens with one attached hydrogen (secondary N) is 1.